The van der Waals surface area contributed by atoms with E-state index in [-0.39, 0.29) is 41.6 Å². The fourth-order valence-electron chi connectivity index (χ4n) is 11.9. The van der Waals surface area contributed by atoms with Crippen molar-refractivity contribution in [1.82, 2.24) is 0 Å². The van der Waals surface area contributed by atoms with Gasteiger partial charge in [-0.15, -0.1) is 0 Å². The van der Waals surface area contributed by atoms with Crippen molar-refractivity contribution in [3.05, 3.63) is 29.8 Å². The van der Waals surface area contributed by atoms with Crippen molar-refractivity contribution >= 4 is 17.5 Å². The van der Waals surface area contributed by atoms with Crippen molar-refractivity contribution in [3.63, 3.8) is 0 Å². The van der Waals surface area contributed by atoms with E-state index in [1.807, 2.05) is 45.0 Å². The molecule has 1 aromatic carbocycles. The van der Waals surface area contributed by atoms with Gasteiger partial charge in [0.2, 0.25) is 11.6 Å². The van der Waals surface area contributed by atoms with E-state index in [9.17, 15) is 4.79 Å². The Morgan fingerprint density at radius 2 is 1.38 bits per heavy atom. The van der Waals surface area contributed by atoms with E-state index in [1.165, 1.54) is 0 Å². The molecule has 0 radical (unpaired) electrons. The molecule has 10 fully saturated rings. The number of rotatable bonds is 5. The van der Waals surface area contributed by atoms with Crippen LogP contribution in [0.15, 0.2) is 29.4 Å². The highest BCUT2D eigenvalue weighted by atomic mass is 17.3. The number of aryl methyl sites for hydroxylation is 1. The number of benzene rings is 1. The maximum Gasteiger partial charge on any atom is 0.437 e. The van der Waals surface area contributed by atoms with E-state index in [2.05, 4.69) is 38.2 Å². The number of fused-ring (bicyclic) bond motifs is 4. The third-order valence-electron chi connectivity index (χ3n) is 14.7. The number of anilines is 1. The van der Waals surface area contributed by atoms with Crippen LogP contribution in [0.2, 0.25) is 0 Å². The first-order valence-corrected chi connectivity index (χ1v) is 19.9. The van der Waals surface area contributed by atoms with Gasteiger partial charge >= 0.3 is 6.09 Å². The molecule has 0 aromatic heterocycles. The van der Waals surface area contributed by atoms with Crippen molar-refractivity contribution in [1.29, 1.82) is 0 Å². The smallest absolute Gasteiger partial charge is 0.345 e. The topological polar surface area (TPSA) is 125 Å². The molecule has 8 heterocycles. The number of amides is 1. The number of carbonyl (C=O) groups excluding carboxylic acids is 1. The number of oxime groups is 1. The van der Waals surface area contributed by atoms with E-state index in [1.54, 1.807) is 0 Å². The molecule has 2 aliphatic carbocycles. The molecule has 0 unspecified atom stereocenters. The molecule has 1 aromatic rings. The van der Waals surface area contributed by atoms with E-state index < -0.39 is 47.6 Å². The summed E-state index contributed by atoms with van der Waals surface area (Å²) in [7, 11) is 0. The first-order valence-electron chi connectivity index (χ1n) is 19.9. The Labute approximate surface area is 306 Å². The highest BCUT2D eigenvalue weighted by Crippen LogP contribution is 2.63. The standard InChI is InChI=1S/C40H56N2O10/c1-21-9-8-10-26(19-21)41-36(43)48-42-31(33-25(5)30-14-12-23(3)28-16-18-38(7)47-35(45-33)40(28,30)52-50-38)20-32-24(4)29-13-11-22(2)27-15-17-37(6)46-34(44-32)39(27,29)51-49-37/h8-10,19,22-25,27-30,32-35H,11-18,20H2,1-7H3,(H,41,43)/b42-31-/t22-,23-,24-,25-,27+,28+,29+,30+,32-,33+,34-,35-,37-,38-,39-,40-/m1/s1. The molecule has 286 valence electrons. The normalized spacial score (nSPS) is 50.7. The Morgan fingerprint density at radius 3 is 2.00 bits per heavy atom. The average Bonchev–Trinajstić information content (AvgIpc) is 3.48. The third kappa shape index (κ3) is 5.44. The van der Waals surface area contributed by atoms with E-state index in [0.717, 1.165) is 56.9 Å². The summed E-state index contributed by atoms with van der Waals surface area (Å²) in [6.07, 6.45) is 5.07. The lowest BCUT2D eigenvalue weighted by Gasteiger charge is -2.61. The molecule has 11 rings (SSSR count). The van der Waals surface area contributed by atoms with Gasteiger partial charge in [0.1, 0.15) is 6.10 Å². The molecular formula is C40H56N2O10. The Hall–Kier alpha value is -2.16. The first kappa shape index (κ1) is 35.5. The highest BCUT2D eigenvalue weighted by Gasteiger charge is 2.71. The summed E-state index contributed by atoms with van der Waals surface area (Å²) in [5.74, 6) is -0.162. The minimum Gasteiger partial charge on any atom is -0.345 e. The molecular weight excluding hydrogens is 668 g/mol. The third-order valence-corrected chi connectivity index (χ3v) is 14.7. The highest BCUT2D eigenvalue weighted by molar-refractivity contribution is 5.91. The van der Waals surface area contributed by atoms with E-state index in [4.69, 9.17) is 43.3 Å². The Morgan fingerprint density at radius 1 is 0.788 bits per heavy atom. The molecule has 12 nitrogen and oxygen atoms in total. The lowest BCUT2D eigenvalue weighted by molar-refractivity contribution is -0.571. The zero-order chi connectivity index (χ0) is 36.2. The van der Waals surface area contributed by atoms with Crippen LogP contribution in [0.5, 0.6) is 0 Å². The quantitative estimate of drug-likeness (QED) is 0.139. The van der Waals surface area contributed by atoms with Crippen LogP contribution in [0.1, 0.15) is 105 Å². The number of carbonyl (C=O) groups is 1. The summed E-state index contributed by atoms with van der Waals surface area (Å²) in [4.78, 5) is 44.0. The van der Waals surface area contributed by atoms with Gasteiger partial charge in [0, 0.05) is 36.8 Å². The van der Waals surface area contributed by atoms with Crippen LogP contribution in [-0.4, -0.2) is 59.4 Å². The molecule has 1 amide bonds. The molecule has 10 aliphatic rings. The van der Waals surface area contributed by atoms with Crippen LogP contribution in [0, 0.1) is 54.3 Å². The summed E-state index contributed by atoms with van der Waals surface area (Å²) in [6, 6.07) is 7.57. The fraction of sp³-hybridized carbons (Fsp3) is 0.800. The van der Waals surface area contributed by atoms with Crippen molar-refractivity contribution in [2.45, 2.75) is 154 Å². The predicted octanol–water partition coefficient (Wildman–Crippen LogP) is 7.79. The maximum absolute atomic E-state index is 13.3. The Kier molecular flexibility index (Phi) is 8.67. The number of nitrogens with zero attached hydrogens (tertiary/aromatic N) is 1. The first-order chi connectivity index (χ1) is 24.8. The molecule has 12 heteroatoms. The van der Waals surface area contributed by atoms with E-state index >= 15 is 0 Å². The Bertz CT molecular complexity index is 1590. The van der Waals surface area contributed by atoms with Gasteiger partial charge in [-0.25, -0.2) is 24.3 Å². The summed E-state index contributed by atoms with van der Waals surface area (Å²) < 4.78 is 27.5. The largest absolute Gasteiger partial charge is 0.437 e. The molecule has 4 bridgehead atoms. The summed E-state index contributed by atoms with van der Waals surface area (Å²) in [5, 5.41) is 7.48. The minimum atomic E-state index is -0.914. The van der Waals surface area contributed by atoms with Crippen LogP contribution >= 0.6 is 0 Å². The van der Waals surface area contributed by atoms with Gasteiger partial charge < -0.3 is 18.9 Å². The summed E-state index contributed by atoms with van der Waals surface area (Å²) >= 11 is 0. The zero-order valence-corrected chi connectivity index (χ0v) is 31.6. The van der Waals surface area contributed by atoms with Gasteiger partial charge in [0.05, 0.1) is 11.8 Å². The van der Waals surface area contributed by atoms with Gasteiger partial charge in [-0.3, -0.25) is 10.2 Å². The van der Waals surface area contributed by atoms with Crippen molar-refractivity contribution in [3.8, 4) is 0 Å². The van der Waals surface area contributed by atoms with Crippen molar-refractivity contribution in [2.75, 3.05) is 5.32 Å². The van der Waals surface area contributed by atoms with E-state index in [0.29, 0.717) is 29.7 Å². The molecule has 1 N–H and O–H groups in total. The predicted molar refractivity (Wildman–Crippen MR) is 187 cm³/mol. The fourth-order valence-corrected chi connectivity index (χ4v) is 11.9. The van der Waals surface area contributed by atoms with Gasteiger partial charge in [0.15, 0.2) is 23.8 Å². The number of nitrogens with one attached hydrogen (secondary N) is 1. The van der Waals surface area contributed by atoms with Crippen molar-refractivity contribution in [2.24, 2.45) is 52.5 Å². The SMILES string of the molecule is Cc1cccc(NC(=O)O/N=C(/C[C@H]2O[C@@H]3O[C@@]4(C)CC[C@H]5[C@H](C)CC[C@@H]([C@H]2C)[C@@]35OO4)[C@H]2O[C@@H]3O[C@@]4(C)CC[C@H]5[C@H](C)CC[C@@H]([C@H]2C)[C@@]35OO4)c1. The van der Waals surface area contributed by atoms with Crippen LogP contribution in [0.4, 0.5) is 10.5 Å². The van der Waals surface area contributed by atoms with Crippen LogP contribution in [0.25, 0.3) is 0 Å². The van der Waals surface area contributed by atoms with Crippen LogP contribution < -0.4 is 5.32 Å². The zero-order valence-electron chi connectivity index (χ0n) is 31.6. The minimum absolute atomic E-state index is 0.0472. The molecule has 8 aliphatic heterocycles. The number of hydrogen-bond donors (Lipinski definition) is 1. The average molecular weight is 725 g/mol. The van der Waals surface area contributed by atoms with Crippen LogP contribution in [-0.2, 0) is 43.3 Å². The summed E-state index contributed by atoms with van der Waals surface area (Å²) in [5.41, 5.74) is 0.847. The van der Waals surface area contributed by atoms with Crippen molar-refractivity contribution < 1.29 is 48.1 Å². The number of ether oxygens (including phenoxy) is 4. The summed E-state index contributed by atoms with van der Waals surface area (Å²) in [6.45, 7) is 14.9. The second-order valence-electron chi connectivity index (χ2n) is 17.9. The molecule has 2 spiro atoms. The molecule has 52 heavy (non-hydrogen) atoms. The lowest BCUT2D eigenvalue weighted by atomic mass is 9.56. The molecule has 2 saturated carbocycles. The van der Waals surface area contributed by atoms with Gasteiger partial charge in [-0.1, -0.05) is 45.0 Å². The van der Waals surface area contributed by atoms with Gasteiger partial charge in [-0.2, -0.15) is 0 Å². The molecule has 8 saturated heterocycles. The monoisotopic (exact) mass is 724 g/mol. The Balaban J connectivity index is 1.05. The van der Waals surface area contributed by atoms with Gasteiger partial charge in [-0.05, 0) is 112 Å². The molecule has 16 atom stereocenters. The second kappa shape index (κ2) is 12.7. The van der Waals surface area contributed by atoms with Gasteiger partial charge in [0.25, 0.3) is 0 Å². The van der Waals surface area contributed by atoms with Crippen LogP contribution in [0.3, 0.4) is 0 Å². The second-order valence-corrected chi connectivity index (χ2v) is 17.9. The lowest BCUT2D eigenvalue weighted by Crippen LogP contribution is -2.71. The maximum atomic E-state index is 13.3. The number of hydrogen-bond acceptors (Lipinski definition) is 11.